The summed E-state index contributed by atoms with van der Waals surface area (Å²) in [5.41, 5.74) is 1.09. The smallest absolute Gasteiger partial charge is 0.360 e. The summed E-state index contributed by atoms with van der Waals surface area (Å²) in [6, 6.07) is 7.71. The number of aromatic nitrogens is 2. The van der Waals surface area contributed by atoms with E-state index in [2.05, 4.69) is 15.1 Å². The highest BCUT2D eigenvalue weighted by molar-refractivity contribution is 7.99. The van der Waals surface area contributed by atoms with Crippen molar-refractivity contribution in [2.75, 3.05) is 33.0 Å². The summed E-state index contributed by atoms with van der Waals surface area (Å²) in [6.07, 6.45) is 0. The molecule has 0 saturated carbocycles. The van der Waals surface area contributed by atoms with Crippen LogP contribution in [-0.4, -0.2) is 54.1 Å². The Balaban J connectivity index is 2.39. The Morgan fingerprint density at radius 2 is 2.05 bits per heavy atom. The number of fused-ring (bicyclic) bond motifs is 1. The van der Waals surface area contributed by atoms with Gasteiger partial charge in [0.25, 0.3) is 0 Å². The highest BCUT2D eigenvalue weighted by Gasteiger charge is 2.18. The van der Waals surface area contributed by atoms with E-state index in [-0.39, 0.29) is 0 Å². The largest absolute Gasteiger partial charge is 0.461 e. The van der Waals surface area contributed by atoms with E-state index in [9.17, 15) is 4.79 Å². The molecule has 0 aliphatic carbocycles. The molecule has 0 N–H and O–H groups in total. The Kier molecular flexibility index (Phi) is 5.52. The number of carbonyl (C=O) groups excluding carboxylic acids is 1. The molecule has 0 bridgehead atoms. The van der Waals surface area contributed by atoms with Crippen LogP contribution >= 0.6 is 11.8 Å². The van der Waals surface area contributed by atoms with Gasteiger partial charge in [-0.2, -0.15) is 0 Å². The third-order valence-electron chi connectivity index (χ3n) is 2.88. The molecule has 0 atom stereocenters. The maximum atomic E-state index is 12.1. The van der Waals surface area contributed by atoms with E-state index in [1.54, 1.807) is 18.7 Å². The van der Waals surface area contributed by atoms with Crippen molar-refractivity contribution < 1.29 is 9.53 Å². The first-order chi connectivity index (χ1) is 10.1. The third kappa shape index (κ3) is 3.92. The molecule has 0 fully saturated rings. The maximum Gasteiger partial charge on any atom is 0.360 e. The van der Waals surface area contributed by atoms with Gasteiger partial charge in [-0.25, -0.2) is 4.79 Å². The molecular formula is C15H19N3O2S. The molecule has 1 aromatic heterocycles. The van der Waals surface area contributed by atoms with Gasteiger partial charge in [0.1, 0.15) is 0 Å². The van der Waals surface area contributed by atoms with Crippen LogP contribution < -0.4 is 0 Å². The fraction of sp³-hybridized carbons (Fsp3) is 0.400. The minimum absolute atomic E-state index is 0.305. The number of nitrogens with zero attached hydrogens (tertiary/aromatic N) is 3. The standard InChI is InChI=1S/C15H19N3O2S/c1-4-20-15(19)13-14(21-10-9-18(2)3)11-7-5-6-8-12(11)16-17-13/h5-8H,4,9-10H2,1-3H3. The molecule has 2 rings (SSSR count). The van der Waals surface area contributed by atoms with Gasteiger partial charge in [0, 0.05) is 17.7 Å². The van der Waals surface area contributed by atoms with Gasteiger partial charge in [-0.3, -0.25) is 0 Å². The first-order valence-corrected chi connectivity index (χ1v) is 7.82. The highest BCUT2D eigenvalue weighted by Crippen LogP contribution is 2.29. The average molecular weight is 305 g/mol. The number of hydrogen-bond acceptors (Lipinski definition) is 6. The van der Waals surface area contributed by atoms with Gasteiger partial charge in [-0.15, -0.1) is 22.0 Å². The number of carbonyl (C=O) groups is 1. The van der Waals surface area contributed by atoms with E-state index < -0.39 is 5.97 Å². The van der Waals surface area contributed by atoms with Crippen molar-refractivity contribution in [2.24, 2.45) is 0 Å². The second-order valence-corrected chi connectivity index (χ2v) is 5.87. The topological polar surface area (TPSA) is 55.3 Å². The second kappa shape index (κ2) is 7.38. The summed E-state index contributed by atoms with van der Waals surface area (Å²) in [5.74, 6) is 0.456. The molecule has 5 nitrogen and oxygen atoms in total. The first kappa shape index (κ1) is 15.7. The predicted molar refractivity (Wildman–Crippen MR) is 84.8 cm³/mol. The molecule has 21 heavy (non-hydrogen) atoms. The van der Waals surface area contributed by atoms with Crippen molar-refractivity contribution in [3.8, 4) is 0 Å². The molecule has 1 aromatic carbocycles. The van der Waals surface area contributed by atoms with Gasteiger partial charge >= 0.3 is 5.97 Å². The van der Waals surface area contributed by atoms with Crippen LogP contribution in [-0.2, 0) is 4.74 Å². The Morgan fingerprint density at radius 3 is 2.76 bits per heavy atom. The molecule has 2 aromatic rings. The molecule has 0 radical (unpaired) electrons. The van der Waals surface area contributed by atoms with E-state index in [1.807, 2.05) is 38.4 Å². The summed E-state index contributed by atoms with van der Waals surface area (Å²) in [6.45, 7) is 3.03. The molecule has 0 aliphatic heterocycles. The summed E-state index contributed by atoms with van der Waals surface area (Å²) < 4.78 is 5.08. The van der Waals surface area contributed by atoms with Crippen LogP contribution in [0.25, 0.3) is 10.9 Å². The van der Waals surface area contributed by atoms with Crippen LogP contribution in [0.1, 0.15) is 17.4 Å². The molecule has 0 saturated heterocycles. The van der Waals surface area contributed by atoms with Crippen molar-refractivity contribution in [1.29, 1.82) is 0 Å². The van der Waals surface area contributed by atoms with Crippen LogP contribution in [0, 0.1) is 0 Å². The quantitative estimate of drug-likeness (QED) is 0.603. The van der Waals surface area contributed by atoms with Crippen LogP contribution in [0.5, 0.6) is 0 Å². The molecule has 0 spiro atoms. The fourth-order valence-electron chi connectivity index (χ4n) is 1.84. The fourth-order valence-corrected chi connectivity index (χ4v) is 3.09. The van der Waals surface area contributed by atoms with Crippen LogP contribution in [0.4, 0.5) is 0 Å². The average Bonchev–Trinajstić information content (AvgIpc) is 2.47. The minimum atomic E-state index is -0.414. The Bertz CT molecular complexity index is 631. The lowest BCUT2D eigenvalue weighted by Crippen LogP contribution is -2.15. The van der Waals surface area contributed by atoms with Crippen molar-refractivity contribution in [2.45, 2.75) is 11.8 Å². The normalized spacial score (nSPS) is 11.0. The van der Waals surface area contributed by atoms with E-state index in [0.29, 0.717) is 12.3 Å². The lowest BCUT2D eigenvalue weighted by Gasteiger charge is -2.12. The molecule has 0 aliphatic rings. The molecule has 0 unspecified atom stereocenters. The van der Waals surface area contributed by atoms with Gasteiger partial charge in [0.15, 0.2) is 5.69 Å². The summed E-state index contributed by atoms with van der Waals surface area (Å²) >= 11 is 1.61. The minimum Gasteiger partial charge on any atom is -0.461 e. The van der Waals surface area contributed by atoms with Crippen molar-refractivity contribution in [1.82, 2.24) is 15.1 Å². The van der Waals surface area contributed by atoms with Gasteiger partial charge in [0.2, 0.25) is 0 Å². The number of rotatable bonds is 6. The predicted octanol–water partition coefficient (Wildman–Crippen LogP) is 2.46. The summed E-state index contributed by atoms with van der Waals surface area (Å²) in [4.78, 5) is 15.0. The zero-order valence-electron chi connectivity index (χ0n) is 12.5. The number of thioether (sulfide) groups is 1. The zero-order valence-corrected chi connectivity index (χ0v) is 13.3. The molecule has 6 heteroatoms. The third-order valence-corrected chi connectivity index (χ3v) is 3.96. The lowest BCUT2D eigenvalue weighted by molar-refractivity contribution is 0.0514. The number of benzene rings is 1. The van der Waals surface area contributed by atoms with Crippen molar-refractivity contribution >= 4 is 28.6 Å². The van der Waals surface area contributed by atoms with Crippen molar-refractivity contribution in [3.05, 3.63) is 30.0 Å². The Morgan fingerprint density at radius 1 is 1.29 bits per heavy atom. The van der Waals surface area contributed by atoms with Crippen LogP contribution in [0.3, 0.4) is 0 Å². The highest BCUT2D eigenvalue weighted by atomic mass is 32.2. The number of esters is 1. The lowest BCUT2D eigenvalue weighted by atomic mass is 10.2. The molecule has 1 heterocycles. The Hall–Kier alpha value is -1.66. The summed E-state index contributed by atoms with van der Waals surface area (Å²) in [7, 11) is 4.05. The summed E-state index contributed by atoms with van der Waals surface area (Å²) in [5, 5.41) is 9.12. The van der Waals surface area contributed by atoms with E-state index in [1.165, 1.54) is 0 Å². The van der Waals surface area contributed by atoms with Crippen LogP contribution in [0.2, 0.25) is 0 Å². The van der Waals surface area contributed by atoms with E-state index in [4.69, 9.17) is 4.74 Å². The SMILES string of the molecule is CCOC(=O)c1nnc2ccccc2c1SCCN(C)C. The monoisotopic (exact) mass is 305 g/mol. The van der Waals surface area contributed by atoms with Crippen molar-refractivity contribution in [3.63, 3.8) is 0 Å². The van der Waals surface area contributed by atoms with Gasteiger partial charge in [0.05, 0.1) is 17.0 Å². The molecular weight excluding hydrogens is 286 g/mol. The van der Waals surface area contributed by atoms with Gasteiger partial charge in [-0.05, 0) is 27.1 Å². The van der Waals surface area contributed by atoms with Crippen LogP contribution in [0.15, 0.2) is 29.2 Å². The number of hydrogen-bond donors (Lipinski definition) is 0. The number of ether oxygens (including phenoxy) is 1. The van der Waals surface area contributed by atoms with Gasteiger partial charge < -0.3 is 9.64 Å². The van der Waals surface area contributed by atoms with E-state index >= 15 is 0 Å². The van der Waals surface area contributed by atoms with E-state index in [0.717, 1.165) is 28.1 Å². The zero-order chi connectivity index (χ0) is 15.2. The molecule has 0 amide bonds. The first-order valence-electron chi connectivity index (χ1n) is 6.83. The Labute approximate surface area is 128 Å². The maximum absolute atomic E-state index is 12.1. The second-order valence-electron chi connectivity index (χ2n) is 4.77. The molecule has 112 valence electrons. The van der Waals surface area contributed by atoms with Gasteiger partial charge in [-0.1, -0.05) is 18.2 Å².